The Morgan fingerprint density at radius 2 is 0.539 bits per heavy atom. The smallest absolute Gasteiger partial charge is 0.308 e. The summed E-state index contributed by atoms with van der Waals surface area (Å²) in [5.41, 5.74) is -1.63. The summed E-state index contributed by atoms with van der Waals surface area (Å²) in [4.78, 5) is 198. The van der Waals surface area contributed by atoms with Crippen molar-refractivity contribution >= 4 is 94.8 Å². The van der Waals surface area contributed by atoms with Crippen LogP contribution in [-0.4, -0.2) is 208 Å². The highest BCUT2D eigenvalue weighted by Gasteiger charge is 2.34. The van der Waals surface area contributed by atoms with E-state index in [1.54, 1.807) is 41.5 Å². The largest absolute Gasteiger partial charge is 0.481 e. The third-order valence-electron chi connectivity index (χ3n) is 10.5. The molecule has 0 bridgehead atoms. The van der Waals surface area contributed by atoms with Gasteiger partial charge in [-0.3, -0.25) is 116 Å². The van der Waals surface area contributed by atoms with Crippen LogP contribution in [0.3, 0.4) is 0 Å². The minimum absolute atomic E-state index is 0.289. The van der Waals surface area contributed by atoms with Crippen LogP contribution in [0.5, 0.6) is 0 Å². The second-order valence-corrected chi connectivity index (χ2v) is 18.7. The summed E-state index contributed by atoms with van der Waals surface area (Å²) in [7, 11) is 0. The number of nitrogens with zero attached hydrogens (tertiary/aromatic N) is 8. The van der Waals surface area contributed by atoms with E-state index in [-0.39, 0.29) is 52.1 Å². The van der Waals surface area contributed by atoms with Gasteiger partial charge in [-0.2, -0.15) is 0 Å². The summed E-state index contributed by atoms with van der Waals surface area (Å²) < 4.78 is 10.6. The van der Waals surface area contributed by atoms with Gasteiger partial charge in [-0.15, -0.1) is 0 Å². The molecule has 4 aliphatic rings. The predicted molar refractivity (Wildman–Crippen MR) is 254 cm³/mol. The highest BCUT2D eigenvalue weighted by molar-refractivity contribution is 6.15. The summed E-state index contributed by atoms with van der Waals surface area (Å²) in [6.45, 7) is 7.07. The number of hydrogen-bond acceptors (Lipinski definition) is 18. The number of hydrogen-bond donors (Lipinski definition) is 2. The molecule has 2 N–H and O–H groups in total. The number of hydrazine groups is 2. The molecule has 0 aromatic rings. The van der Waals surface area contributed by atoms with Crippen LogP contribution >= 0.6 is 0 Å². The van der Waals surface area contributed by atoms with E-state index in [0.29, 0.717) is 0 Å². The van der Waals surface area contributed by atoms with Crippen molar-refractivity contribution in [1.82, 2.24) is 39.6 Å². The Balaban J connectivity index is 0.000000409. The SMILES string of the molecule is CC(C)(C)OC(=O)CCN(C(=O)CCN1C(=O)C=CC1=O)N(CCC(=O)OC(C)(C)C)C(=O)CCN1C(=O)C=CC1=O.O=C(O)CCN(C(=O)CCN1C(=O)C=CC1=O)N(CCC(=O)O)C(=O)CCN1C(=O)C=CC1=O. The molecule has 4 heterocycles. The van der Waals surface area contributed by atoms with E-state index in [1.165, 1.54) is 0 Å². The van der Waals surface area contributed by atoms with Crippen molar-refractivity contribution in [1.29, 1.82) is 0 Å². The summed E-state index contributed by atoms with van der Waals surface area (Å²) in [5, 5.41) is 21.5. The number of carboxylic acid groups (broad SMARTS) is 2. The Labute approximate surface area is 435 Å². The number of amides is 12. The van der Waals surface area contributed by atoms with E-state index in [9.17, 15) is 76.7 Å². The molecule has 0 radical (unpaired) electrons. The topological polar surface area (TPSA) is 358 Å². The van der Waals surface area contributed by atoms with Gasteiger partial charge in [0.15, 0.2) is 0 Å². The number of carbonyl (C=O) groups excluding carboxylic acids is 14. The molecule has 12 amide bonds. The zero-order valence-corrected chi connectivity index (χ0v) is 42.8. The van der Waals surface area contributed by atoms with Crippen molar-refractivity contribution < 1.29 is 96.4 Å². The van der Waals surface area contributed by atoms with Gasteiger partial charge in [0.05, 0.1) is 51.9 Å². The van der Waals surface area contributed by atoms with Crippen LogP contribution in [-0.2, 0) is 86.2 Å². The van der Waals surface area contributed by atoms with Gasteiger partial charge in [-0.25, -0.2) is 0 Å². The Hall–Kier alpha value is -8.72. The van der Waals surface area contributed by atoms with Gasteiger partial charge in [0.1, 0.15) is 11.2 Å². The molecule has 0 unspecified atom stereocenters. The van der Waals surface area contributed by atoms with Crippen molar-refractivity contribution in [3.8, 4) is 0 Å². The van der Waals surface area contributed by atoms with E-state index >= 15 is 0 Å². The molecule has 0 spiro atoms. The Morgan fingerprint density at radius 1 is 0.355 bits per heavy atom. The van der Waals surface area contributed by atoms with Crippen LogP contribution in [0.1, 0.15) is 92.9 Å². The van der Waals surface area contributed by atoms with E-state index in [1.807, 2.05) is 0 Å². The molecule has 0 aromatic carbocycles. The maximum absolute atomic E-state index is 13.5. The third-order valence-corrected chi connectivity index (χ3v) is 10.5. The molecular formula is C48H60N8O20. The molecule has 0 aliphatic carbocycles. The second-order valence-electron chi connectivity index (χ2n) is 18.7. The summed E-state index contributed by atoms with van der Waals surface area (Å²) in [6, 6.07) is 0. The fourth-order valence-corrected chi connectivity index (χ4v) is 7.05. The van der Waals surface area contributed by atoms with E-state index in [0.717, 1.165) is 88.2 Å². The molecule has 76 heavy (non-hydrogen) atoms. The summed E-state index contributed by atoms with van der Waals surface area (Å²) in [5.74, 6) is -12.0. The lowest BCUT2D eigenvalue weighted by atomic mass is 10.2. The highest BCUT2D eigenvalue weighted by atomic mass is 16.6. The zero-order valence-electron chi connectivity index (χ0n) is 42.8. The minimum atomic E-state index is -1.29. The molecule has 4 rings (SSSR count). The summed E-state index contributed by atoms with van der Waals surface area (Å²) in [6.07, 6.45) is 4.85. The van der Waals surface area contributed by atoms with Crippen molar-refractivity contribution in [3.63, 3.8) is 0 Å². The average Bonchev–Trinajstić information content (AvgIpc) is 4.03. The van der Waals surface area contributed by atoms with Crippen molar-refractivity contribution in [2.75, 3.05) is 52.4 Å². The Kier molecular flexibility index (Phi) is 22.3. The molecule has 0 fully saturated rings. The standard InChI is InChI=1S/C28H38N4O10.C20H22N4O10/c1-27(2,3)41-25(39)13-17-31(23(37)11-15-29-19(33)7-8-20(29)34)32(18-14-26(40)42-28(4,5)6)24(38)12-16-30-21(35)9-10-22(30)36;25-13-1-2-14(26)21(13)9-5-17(29)23(11-7-19(31)32)24(12-8-20(33)34)18(30)6-10-22-15(27)3-4-16(22)28/h7-10H,11-18H2,1-6H3;1-4H,5-12H2,(H,31,32)(H,33,34). The molecule has 28 heteroatoms. The Bertz CT molecular complexity index is 2270. The maximum Gasteiger partial charge on any atom is 0.308 e. The quantitative estimate of drug-likeness (QED) is 0.0651. The third kappa shape index (κ3) is 19.6. The van der Waals surface area contributed by atoms with Crippen molar-refractivity contribution in [3.05, 3.63) is 48.6 Å². The van der Waals surface area contributed by atoms with Gasteiger partial charge in [0.25, 0.3) is 47.3 Å². The Morgan fingerprint density at radius 3 is 0.711 bits per heavy atom. The average molecular weight is 1070 g/mol. The molecule has 0 aromatic heterocycles. The van der Waals surface area contributed by atoms with E-state index in [2.05, 4.69) is 0 Å². The lowest BCUT2D eigenvalue weighted by Crippen LogP contribution is -2.52. The number of carbonyl (C=O) groups is 16. The monoisotopic (exact) mass is 1070 g/mol. The molecule has 28 nitrogen and oxygen atoms in total. The fraction of sp³-hybridized carbons (Fsp3) is 0.500. The van der Waals surface area contributed by atoms with Crippen LogP contribution in [0.4, 0.5) is 0 Å². The molecule has 0 saturated carbocycles. The van der Waals surface area contributed by atoms with Crippen LogP contribution < -0.4 is 0 Å². The van der Waals surface area contributed by atoms with Gasteiger partial charge in [0, 0.05) is 100 Å². The minimum Gasteiger partial charge on any atom is -0.481 e. The first-order valence-corrected chi connectivity index (χ1v) is 23.6. The van der Waals surface area contributed by atoms with Gasteiger partial charge < -0.3 is 19.7 Å². The molecular weight excluding hydrogens is 1010 g/mol. The number of ether oxygens (including phenoxy) is 2. The van der Waals surface area contributed by atoms with Gasteiger partial charge in [-0.05, 0) is 41.5 Å². The zero-order chi connectivity index (χ0) is 57.2. The van der Waals surface area contributed by atoms with E-state index < -0.39 is 158 Å². The number of esters is 2. The predicted octanol–water partition coefficient (Wildman–Crippen LogP) is -1.21. The van der Waals surface area contributed by atoms with Gasteiger partial charge >= 0.3 is 23.9 Å². The molecule has 0 atom stereocenters. The van der Waals surface area contributed by atoms with Gasteiger partial charge in [-0.1, -0.05) is 0 Å². The van der Waals surface area contributed by atoms with Crippen molar-refractivity contribution in [2.24, 2.45) is 0 Å². The first kappa shape index (κ1) is 61.6. The van der Waals surface area contributed by atoms with E-state index in [4.69, 9.17) is 19.7 Å². The lowest BCUT2D eigenvalue weighted by Gasteiger charge is -2.36. The first-order valence-electron chi connectivity index (χ1n) is 23.6. The fourth-order valence-electron chi connectivity index (χ4n) is 7.05. The van der Waals surface area contributed by atoms with Crippen LogP contribution in [0.2, 0.25) is 0 Å². The first-order chi connectivity index (χ1) is 35.4. The summed E-state index contributed by atoms with van der Waals surface area (Å²) >= 11 is 0. The van der Waals surface area contributed by atoms with Crippen molar-refractivity contribution in [2.45, 2.75) is 104 Å². The molecule has 4 aliphatic heterocycles. The van der Waals surface area contributed by atoms with Gasteiger partial charge in [0.2, 0.25) is 23.6 Å². The molecule has 0 saturated heterocycles. The highest BCUT2D eigenvalue weighted by Crippen LogP contribution is 2.17. The van der Waals surface area contributed by atoms with Crippen LogP contribution in [0.15, 0.2) is 48.6 Å². The normalized spacial score (nSPS) is 14.9. The number of imide groups is 4. The second kappa shape index (κ2) is 27.5. The molecule has 412 valence electrons. The maximum atomic E-state index is 13.5. The number of aliphatic carboxylic acids is 2. The number of carboxylic acids is 2. The lowest BCUT2D eigenvalue weighted by molar-refractivity contribution is -0.171. The van der Waals surface area contributed by atoms with Crippen LogP contribution in [0, 0.1) is 0 Å². The number of rotatable bonds is 24. The van der Waals surface area contributed by atoms with Crippen LogP contribution in [0.25, 0.3) is 0 Å².